The Morgan fingerprint density at radius 1 is 0.962 bits per heavy atom. The predicted molar refractivity (Wildman–Crippen MR) is 98.1 cm³/mol. The second kappa shape index (κ2) is 6.85. The number of benzene rings is 2. The predicted octanol–water partition coefficient (Wildman–Crippen LogP) is 5.56. The highest BCUT2D eigenvalue weighted by atomic mass is 19.1. The molecule has 0 N–H and O–H groups in total. The maximum Gasteiger partial charge on any atom is 0.525 e. The summed E-state index contributed by atoms with van der Waals surface area (Å²) >= 11 is 0. The fraction of sp³-hybridized carbons (Fsp3) is 0.300. The first-order chi connectivity index (χ1) is 12.2. The lowest BCUT2D eigenvalue weighted by molar-refractivity contribution is 0.00578. The zero-order chi connectivity index (χ0) is 18.9. The summed E-state index contributed by atoms with van der Waals surface area (Å²) in [5, 5.41) is 0. The Hall–Kier alpha value is -2.18. The van der Waals surface area contributed by atoms with E-state index in [1.807, 2.05) is 27.7 Å². The first kappa shape index (κ1) is 18.6. The molecule has 1 heterocycles. The standard InChI is InChI=1S/C20H21BF2O3/c1-19(2)20(3,4)26-21(25-19)18(23)13-14-6-5-7-17(12-14)24-16-10-8-15(22)9-11-16/h5-13H,1-4H3. The Morgan fingerprint density at radius 3 is 2.19 bits per heavy atom. The van der Waals surface area contributed by atoms with Crippen LogP contribution in [-0.2, 0) is 9.31 Å². The van der Waals surface area contributed by atoms with Crippen LogP contribution in [0, 0.1) is 5.82 Å². The fourth-order valence-corrected chi connectivity index (χ4v) is 2.49. The van der Waals surface area contributed by atoms with Gasteiger partial charge in [0.25, 0.3) is 0 Å². The molecule has 2 aromatic carbocycles. The van der Waals surface area contributed by atoms with Gasteiger partial charge in [0, 0.05) is 0 Å². The summed E-state index contributed by atoms with van der Waals surface area (Å²) in [7, 11) is -1.04. The molecular weight excluding hydrogens is 337 g/mol. The maximum atomic E-state index is 14.6. The van der Waals surface area contributed by atoms with Crippen LogP contribution in [0.4, 0.5) is 8.78 Å². The van der Waals surface area contributed by atoms with Gasteiger partial charge in [-0.1, -0.05) is 12.1 Å². The summed E-state index contributed by atoms with van der Waals surface area (Å²) in [6, 6.07) is 12.6. The van der Waals surface area contributed by atoms with E-state index in [9.17, 15) is 8.78 Å². The molecule has 0 amide bonds. The van der Waals surface area contributed by atoms with Gasteiger partial charge in [0.2, 0.25) is 0 Å². The van der Waals surface area contributed by atoms with Gasteiger partial charge in [-0.3, -0.25) is 0 Å². The number of rotatable bonds is 4. The van der Waals surface area contributed by atoms with Crippen molar-refractivity contribution in [3.8, 4) is 11.5 Å². The van der Waals surface area contributed by atoms with Crippen LogP contribution in [0.2, 0.25) is 0 Å². The molecule has 136 valence electrons. The van der Waals surface area contributed by atoms with Gasteiger partial charge >= 0.3 is 7.12 Å². The molecule has 0 radical (unpaired) electrons. The zero-order valence-electron chi connectivity index (χ0n) is 15.3. The Morgan fingerprint density at radius 2 is 1.58 bits per heavy atom. The van der Waals surface area contributed by atoms with Crippen molar-refractivity contribution >= 4 is 13.2 Å². The molecule has 3 nitrogen and oxygen atoms in total. The molecule has 6 heteroatoms. The Bertz CT molecular complexity index is 800. The maximum absolute atomic E-state index is 14.6. The second-order valence-electron chi connectivity index (χ2n) is 7.25. The number of hydrogen-bond acceptors (Lipinski definition) is 3. The van der Waals surface area contributed by atoms with Crippen LogP contribution < -0.4 is 4.74 Å². The molecule has 0 aromatic heterocycles. The minimum atomic E-state index is -1.04. The molecule has 1 fully saturated rings. The number of halogens is 2. The largest absolute Gasteiger partial charge is 0.525 e. The van der Waals surface area contributed by atoms with Crippen LogP contribution in [0.3, 0.4) is 0 Å². The van der Waals surface area contributed by atoms with E-state index in [1.165, 1.54) is 30.3 Å². The molecule has 0 spiro atoms. The van der Waals surface area contributed by atoms with Gasteiger partial charge in [-0.05, 0) is 75.7 Å². The second-order valence-corrected chi connectivity index (χ2v) is 7.25. The van der Waals surface area contributed by atoms with Crippen molar-refractivity contribution in [2.45, 2.75) is 38.9 Å². The third-order valence-corrected chi connectivity index (χ3v) is 4.69. The van der Waals surface area contributed by atoms with E-state index in [0.29, 0.717) is 17.1 Å². The van der Waals surface area contributed by atoms with Crippen LogP contribution in [0.1, 0.15) is 33.3 Å². The van der Waals surface area contributed by atoms with Crippen LogP contribution in [-0.4, -0.2) is 18.3 Å². The van der Waals surface area contributed by atoms with Gasteiger partial charge in [0.1, 0.15) is 23.0 Å². The molecule has 0 aliphatic carbocycles. The van der Waals surface area contributed by atoms with Crippen LogP contribution in [0.25, 0.3) is 6.08 Å². The lowest BCUT2D eigenvalue weighted by Crippen LogP contribution is -2.41. The van der Waals surface area contributed by atoms with Gasteiger partial charge in [-0.2, -0.15) is 0 Å². The molecule has 3 rings (SSSR count). The molecule has 26 heavy (non-hydrogen) atoms. The molecule has 1 aliphatic rings. The minimum Gasteiger partial charge on any atom is -0.457 e. The SMILES string of the molecule is CC1(C)OB(C(F)=Cc2cccc(Oc3ccc(F)cc3)c2)OC1(C)C. The van der Waals surface area contributed by atoms with Crippen molar-refractivity contribution in [1.29, 1.82) is 0 Å². The van der Waals surface area contributed by atoms with E-state index in [1.54, 1.807) is 24.3 Å². The first-order valence-corrected chi connectivity index (χ1v) is 8.42. The summed E-state index contributed by atoms with van der Waals surface area (Å²) in [5.41, 5.74) is -1.10. The van der Waals surface area contributed by atoms with E-state index in [4.69, 9.17) is 14.0 Å². The lowest BCUT2D eigenvalue weighted by atomic mass is 9.87. The Balaban J connectivity index is 1.76. The lowest BCUT2D eigenvalue weighted by Gasteiger charge is -2.32. The van der Waals surface area contributed by atoms with Gasteiger partial charge in [-0.25, -0.2) is 8.78 Å². The highest BCUT2D eigenvalue weighted by Gasteiger charge is 2.53. The molecule has 2 aromatic rings. The summed E-state index contributed by atoms with van der Waals surface area (Å²) in [4.78, 5) is 0. The molecule has 0 atom stereocenters. The zero-order valence-corrected chi connectivity index (χ0v) is 15.3. The topological polar surface area (TPSA) is 27.7 Å². The smallest absolute Gasteiger partial charge is 0.457 e. The summed E-state index contributed by atoms with van der Waals surface area (Å²) in [5.74, 6) is 0.685. The van der Waals surface area contributed by atoms with Gasteiger partial charge in [0.05, 0.1) is 11.2 Å². The van der Waals surface area contributed by atoms with Gasteiger partial charge in [-0.15, -0.1) is 0 Å². The fourth-order valence-electron chi connectivity index (χ4n) is 2.49. The van der Waals surface area contributed by atoms with Crippen molar-refractivity contribution in [3.05, 3.63) is 65.6 Å². The normalized spacial score (nSPS) is 18.8. The Labute approximate surface area is 152 Å². The molecule has 1 saturated heterocycles. The van der Waals surface area contributed by atoms with Crippen molar-refractivity contribution in [2.24, 2.45) is 0 Å². The van der Waals surface area contributed by atoms with Crippen LogP contribution >= 0.6 is 0 Å². The highest BCUT2D eigenvalue weighted by molar-refractivity contribution is 6.54. The third-order valence-electron chi connectivity index (χ3n) is 4.69. The van der Waals surface area contributed by atoms with E-state index in [2.05, 4.69) is 0 Å². The molecular formula is C20H21BF2O3. The molecule has 1 aliphatic heterocycles. The average molecular weight is 358 g/mol. The minimum absolute atomic E-state index is 0.335. The van der Waals surface area contributed by atoms with E-state index in [-0.39, 0.29) is 5.82 Å². The van der Waals surface area contributed by atoms with Crippen molar-refractivity contribution in [3.63, 3.8) is 0 Å². The number of ether oxygens (including phenoxy) is 1. The Kier molecular flexibility index (Phi) is 4.91. The van der Waals surface area contributed by atoms with Gasteiger partial charge < -0.3 is 14.0 Å². The highest BCUT2D eigenvalue weighted by Crippen LogP contribution is 2.39. The average Bonchev–Trinajstić information content (AvgIpc) is 2.78. The molecule has 0 saturated carbocycles. The van der Waals surface area contributed by atoms with Crippen molar-refractivity contribution in [2.75, 3.05) is 0 Å². The van der Waals surface area contributed by atoms with Crippen molar-refractivity contribution < 1.29 is 22.8 Å². The van der Waals surface area contributed by atoms with E-state index in [0.717, 1.165) is 0 Å². The number of hydrogen-bond donors (Lipinski definition) is 0. The molecule has 0 bridgehead atoms. The first-order valence-electron chi connectivity index (χ1n) is 8.42. The molecule has 0 unspecified atom stereocenters. The quantitative estimate of drug-likeness (QED) is 0.670. The van der Waals surface area contributed by atoms with Crippen LogP contribution in [0.15, 0.2) is 54.3 Å². The summed E-state index contributed by atoms with van der Waals surface area (Å²) in [6.07, 6.45) is 1.36. The van der Waals surface area contributed by atoms with Crippen molar-refractivity contribution in [1.82, 2.24) is 0 Å². The van der Waals surface area contributed by atoms with Gasteiger partial charge in [0.15, 0.2) is 0 Å². The third kappa shape index (κ3) is 3.97. The monoisotopic (exact) mass is 358 g/mol. The van der Waals surface area contributed by atoms with E-state index < -0.39 is 24.0 Å². The van der Waals surface area contributed by atoms with E-state index >= 15 is 0 Å². The summed E-state index contributed by atoms with van der Waals surface area (Å²) in [6.45, 7) is 7.49. The van der Waals surface area contributed by atoms with Crippen LogP contribution in [0.5, 0.6) is 11.5 Å². The summed E-state index contributed by atoms with van der Waals surface area (Å²) < 4.78 is 44.6.